The normalized spacial score (nSPS) is 15.5. The lowest BCUT2D eigenvalue weighted by Crippen LogP contribution is -2.44. The molecule has 1 aliphatic rings. The first-order chi connectivity index (χ1) is 14.6. The van der Waals surface area contributed by atoms with E-state index in [0.717, 1.165) is 18.6 Å². The van der Waals surface area contributed by atoms with Gasteiger partial charge in [-0.1, -0.05) is 24.3 Å². The molecule has 1 fully saturated rings. The first-order valence-electron chi connectivity index (χ1n) is 9.98. The van der Waals surface area contributed by atoms with Crippen LogP contribution >= 0.6 is 0 Å². The number of tetrazole rings is 1. The van der Waals surface area contributed by atoms with Gasteiger partial charge < -0.3 is 14.8 Å². The summed E-state index contributed by atoms with van der Waals surface area (Å²) in [5, 5.41) is 14.8. The third-order valence-electron chi connectivity index (χ3n) is 5.74. The minimum atomic E-state index is -0.181. The number of ether oxygens (including phenoxy) is 2. The van der Waals surface area contributed by atoms with Crippen LogP contribution in [0.5, 0.6) is 5.75 Å². The monoisotopic (exact) mass is 407 g/mol. The Hall–Kier alpha value is -3.26. The largest absolute Gasteiger partial charge is 0.497 e. The highest BCUT2D eigenvalue weighted by Crippen LogP contribution is 2.35. The lowest BCUT2D eigenvalue weighted by molar-refractivity contribution is 0.0487. The predicted octanol–water partition coefficient (Wildman–Crippen LogP) is 2.46. The van der Waals surface area contributed by atoms with Gasteiger partial charge in [0.2, 0.25) is 0 Å². The fraction of sp³-hybridized carbons (Fsp3) is 0.364. The summed E-state index contributed by atoms with van der Waals surface area (Å²) in [6.07, 6.45) is 1.68. The van der Waals surface area contributed by atoms with Gasteiger partial charge in [-0.25, -0.2) is 0 Å². The number of rotatable bonds is 6. The summed E-state index contributed by atoms with van der Waals surface area (Å²) < 4.78 is 12.5. The Kier molecular flexibility index (Phi) is 5.76. The van der Waals surface area contributed by atoms with Crippen molar-refractivity contribution in [2.24, 2.45) is 0 Å². The quantitative estimate of drug-likeness (QED) is 0.675. The number of aryl methyl sites for hydroxylation is 1. The molecule has 2 aromatic carbocycles. The molecule has 1 N–H and O–H groups in total. The molecule has 0 radical (unpaired) electrons. The molecule has 0 saturated carbocycles. The molecule has 1 saturated heterocycles. The van der Waals surface area contributed by atoms with Gasteiger partial charge in [0.25, 0.3) is 5.91 Å². The standard InChI is InChI=1S/C22H25N5O3/c1-16-24-25-26-27(16)20-6-4-3-5-19(20)21(28)23-15-22(11-13-30-14-12-22)17-7-9-18(29-2)10-8-17/h3-10H,11-15H2,1-2H3,(H,23,28). The average molecular weight is 407 g/mol. The predicted molar refractivity (Wildman–Crippen MR) is 111 cm³/mol. The van der Waals surface area contributed by atoms with E-state index < -0.39 is 0 Å². The molecule has 1 amide bonds. The molecule has 0 spiro atoms. The summed E-state index contributed by atoms with van der Waals surface area (Å²) in [4.78, 5) is 13.1. The first-order valence-corrected chi connectivity index (χ1v) is 9.98. The maximum atomic E-state index is 13.1. The molecule has 0 atom stereocenters. The van der Waals surface area contributed by atoms with E-state index in [1.165, 1.54) is 5.56 Å². The first kappa shape index (κ1) is 20.0. The summed E-state index contributed by atoms with van der Waals surface area (Å²) in [5.74, 6) is 1.28. The van der Waals surface area contributed by atoms with Crippen LogP contribution in [-0.2, 0) is 10.2 Å². The highest BCUT2D eigenvalue weighted by molar-refractivity contribution is 5.97. The molecule has 8 heteroatoms. The van der Waals surface area contributed by atoms with Crippen molar-refractivity contribution in [3.05, 3.63) is 65.5 Å². The fourth-order valence-electron chi connectivity index (χ4n) is 3.92. The molecule has 4 rings (SSSR count). The molecule has 8 nitrogen and oxygen atoms in total. The van der Waals surface area contributed by atoms with Gasteiger partial charge in [-0.3, -0.25) is 4.79 Å². The zero-order valence-electron chi connectivity index (χ0n) is 17.2. The number of benzene rings is 2. The van der Waals surface area contributed by atoms with Gasteiger partial charge in [-0.2, -0.15) is 4.68 Å². The van der Waals surface area contributed by atoms with Crippen LogP contribution in [0.15, 0.2) is 48.5 Å². The lowest BCUT2D eigenvalue weighted by atomic mass is 9.74. The third kappa shape index (κ3) is 3.91. The Balaban J connectivity index is 1.58. The van der Waals surface area contributed by atoms with Crippen LogP contribution in [0.4, 0.5) is 0 Å². The van der Waals surface area contributed by atoms with E-state index in [0.29, 0.717) is 36.8 Å². The van der Waals surface area contributed by atoms with Gasteiger partial charge in [-0.15, -0.1) is 5.10 Å². The Morgan fingerprint density at radius 1 is 1.17 bits per heavy atom. The second-order valence-electron chi connectivity index (χ2n) is 7.46. The number of hydrogen-bond donors (Lipinski definition) is 1. The summed E-state index contributed by atoms with van der Waals surface area (Å²) >= 11 is 0. The number of methoxy groups -OCH3 is 1. The van der Waals surface area contributed by atoms with Crippen molar-refractivity contribution >= 4 is 5.91 Å². The van der Waals surface area contributed by atoms with E-state index in [1.807, 2.05) is 30.3 Å². The van der Waals surface area contributed by atoms with Crippen molar-refractivity contribution in [1.29, 1.82) is 0 Å². The van der Waals surface area contributed by atoms with Crippen molar-refractivity contribution in [2.45, 2.75) is 25.2 Å². The molecule has 156 valence electrons. The van der Waals surface area contributed by atoms with Gasteiger partial charge in [0, 0.05) is 25.2 Å². The van der Waals surface area contributed by atoms with Crippen LogP contribution in [0.1, 0.15) is 34.6 Å². The minimum absolute atomic E-state index is 0.153. The molecular formula is C22H25N5O3. The maximum Gasteiger partial charge on any atom is 0.253 e. The van der Waals surface area contributed by atoms with Crippen LogP contribution in [0.3, 0.4) is 0 Å². The highest BCUT2D eigenvalue weighted by atomic mass is 16.5. The van der Waals surface area contributed by atoms with Crippen molar-refractivity contribution in [3.8, 4) is 11.4 Å². The van der Waals surface area contributed by atoms with Crippen LogP contribution in [0, 0.1) is 6.92 Å². The molecule has 30 heavy (non-hydrogen) atoms. The van der Waals surface area contributed by atoms with Gasteiger partial charge >= 0.3 is 0 Å². The number of nitrogens with zero attached hydrogens (tertiary/aromatic N) is 4. The molecule has 0 aliphatic carbocycles. The second kappa shape index (κ2) is 8.62. The Morgan fingerprint density at radius 2 is 1.90 bits per heavy atom. The van der Waals surface area contributed by atoms with E-state index in [-0.39, 0.29) is 11.3 Å². The summed E-state index contributed by atoms with van der Waals surface area (Å²) in [7, 11) is 1.66. The Labute approximate surface area is 175 Å². The Morgan fingerprint density at radius 3 is 2.57 bits per heavy atom. The lowest BCUT2D eigenvalue weighted by Gasteiger charge is -2.38. The number of hydrogen-bond acceptors (Lipinski definition) is 6. The van der Waals surface area contributed by atoms with Crippen LogP contribution in [0.25, 0.3) is 5.69 Å². The van der Waals surface area contributed by atoms with Crippen LogP contribution in [-0.4, -0.2) is 53.0 Å². The zero-order valence-corrected chi connectivity index (χ0v) is 17.2. The van der Waals surface area contributed by atoms with Gasteiger partial charge in [0.05, 0.1) is 18.4 Å². The number of carbonyl (C=O) groups is 1. The summed E-state index contributed by atoms with van der Waals surface area (Å²) in [6.45, 7) is 3.66. The fourth-order valence-corrected chi connectivity index (χ4v) is 3.92. The zero-order chi connectivity index (χ0) is 21.0. The number of aromatic nitrogens is 4. The van der Waals surface area contributed by atoms with Gasteiger partial charge in [-0.05, 0) is 60.0 Å². The van der Waals surface area contributed by atoms with E-state index >= 15 is 0 Å². The average Bonchev–Trinajstić information content (AvgIpc) is 3.24. The van der Waals surface area contributed by atoms with Gasteiger partial charge in [0.1, 0.15) is 5.75 Å². The maximum absolute atomic E-state index is 13.1. The van der Waals surface area contributed by atoms with E-state index in [4.69, 9.17) is 9.47 Å². The number of para-hydroxylation sites is 1. The summed E-state index contributed by atoms with van der Waals surface area (Å²) in [5.41, 5.74) is 2.18. The second-order valence-corrected chi connectivity index (χ2v) is 7.46. The molecule has 0 bridgehead atoms. The number of carbonyl (C=O) groups excluding carboxylic acids is 1. The summed E-state index contributed by atoms with van der Waals surface area (Å²) in [6, 6.07) is 15.4. The number of nitrogens with one attached hydrogen (secondary N) is 1. The SMILES string of the molecule is COc1ccc(C2(CNC(=O)c3ccccc3-n3nnnc3C)CCOCC2)cc1. The van der Waals surface area contributed by atoms with Crippen LogP contribution in [0.2, 0.25) is 0 Å². The van der Waals surface area contributed by atoms with Crippen molar-refractivity contribution < 1.29 is 14.3 Å². The van der Waals surface area contributed by atoms with E-state index in [1.54, 1.807) is 24.8 Å². The van der Waals surface area contributed by atoms with Crippen molar-refractivity contribution in [3.63, 3.8) is 0 Å². The van der Waals surface area contributed by atoms with Crippen molar-refractivity contribution in [2.75, 3.05) is 26.9 Å². The van der Waals surface area contributed by atoms with E-state index in [9.17, 15) is 4.79 Å². The van der Waals surface area contributed by atoms with E-state index in [2.05, 4.69) is 33.0 Å². The molecule has 1 aliphatic heterocycles. The molecular weight excluding hydrogens is 382 g/mol. The smallest absolute Gasteiger partial charge is 0.253 e. The highest BCUT2D eigenvalue weighted by Gasteiger charge is 2.35. The van der Waals surface area contributed by atoms with Crippen LogP contribution < -0.4 is 10.1 Å². The molecule has 1 aromatic heterocycles. The molecule has 2 heterocycles. The van der Waals surface area contributed by atoms with Gasteiger partial charge in [0.15, 0.2) is 5.82 Å². The van der Waals surface area contributed by atoms with Crippen molar-refractivity contribution in [1.82, 2.24) is 25.5 Å². The minimum Gasteiger partial charge on any atom is -0.497 e. The number of amides is 1. The molecule has 0 unspecified atom stereocenters. The third-order valence-corrected chi connectivity index (χ3v) is 5.74. The molecule has 3 aromatic rings. The Bertz CT molecular complexity index is 1010. The topological polar surface area (TPSA) is 91.2 Å².